The molecule has 5 atom stereocenters. The predicted molar refractivity (Wildman–Crippen MR) is 111 cm³/mol. The molecule has 0 amide bonds. The van der Waals surface area contributed by atoms with Crippen LogP contribution in [0.3, 0.4) is 0 Å². The maximum Gasteiger partial charge on any atom is 0.326 e. The number of nitrogens with zero attached hydrogens (tertiary/aromatic N) is 1. The van der Waals surface area contributed by atoms with Gasteiger partial charge >= 0.3 is 5.97 Å². The maximum atomic E-state index is 12.0. The van der Waals surface area contributed by atoms with E-state index in [4.69, 9.17) is 16.3 Å². The van der Waals surface area contributed by atoms with Gasteiger partial charge in [-0.3, -0.25) is 10.1 Å². The summed E-state index contributed by atoms with van der Waals surface area (Å²) in [4.78, 5) is 23.5. The lowest BCUT2D eigenvalue weighted by Crippen LogP contribution is -2.42. The minimum Gasteiger partial charge on any atom is -0.495 e. The van der Waals surface area contributed by atoms with Crippen molar-refractivity contribution in [2.75, 3.05) is 12.4 Å². The zero-order chi connectivity index (χ0) is 20.7. The number of rotatable bonds is 5. The Balaban J connectivity index is 1.71. The molecule has 29 heavy (non-hydrogen) atoms. The van der Waals surface area contributed by atoms with Crippen molar-refractivity contribution in [1.29, 1.82) is 0 Å². The second kappa shape index (κ2) is 7.76. The predicted octanol–water partition coefficient (Wildman–Crippen LogP) is 4.35. The van der Waals surface area contributed by atoms with Crippen LogP contribution in [0.15, 0.2) is 47.4 Å². The summed E-state index contributed by atoms with van der Waals surface area (Å²) >= 11 is 8.23. The van der Waals surface area contributed by atoms with Gasteiger partial charge in [0.15, 0.2) is 0 Å². The van der Waals surface area contributed by atoms with Crippen LogP contribution in [0.4, 0.5) is 11.4 Å². The third kappa shape index (κ3) is 3.40. The highest BCUT2D eigenvalue weighted by molar-refractivity contribution is 8.00. The largest absolute Gasteiger partial charge is 0.495 e. The minimum absolute atomic E-state index is 0.0335. The number of halogens is 1. The number of methoxy groups -OCH3 is 1. The summed E-state index contributed by atoms with van der Waals surface area (Å²) in [5, 5.41) is 23.8. The number of hydrogen-bond acceptors (Lipinski definition) is 6. The molecule has 4 rings (SSSR count). The van der Waals surface area contributed by atoms with Crippen molar-refractivity contribution >= 4 is 40.7 Å². The number of ether oxygens (including phenoxy) is 1. The molecule has 2 aliphatic rings. The minimum atomic E-state index is -0.947. The van der Waals surface area contributed by atoms with Crippen molar-refractivity contribution in [2.24, 2.45) is 5.92 Å². The zero-order valence-electron chi connectivity index (χ0n) is 15.4. The summed E-state index contributed by atoms with van der Waals surface area (Å²) in [6, 6.07) is 11.3. The van der Waals surface area contributed by atoms with Crippen LogP contribution in [0, 0.1) is 16.0 Å². The van der Waals surface area contributed by atoms with Crippen molar-refractivity contribution in [2.45, 2.75) is 33.9 Å². The lowest BCUT2D eigenvalue weighted by Gasteiger charge is -2.36. The first kappa shape index (κ1) is 19.8. The van der Waals surface area contributed by atoms with Crippen LogP contribution in [0.2, 0.25) is 0 Å². The van der Waals surface area contributed by atoms with Gasteiger partial charge in [-0.05, 0) is 30.0 Å². The molecule has 0 unspecified atom stereocenters. The number of carboxylic acids is 1. The van der Waals surface area contributed by atoms with E-state index >= 15 is 0 Å². The van der Waals surface area contributed by atoms with Crippen molar-refractivity contribution < 1.29 is 19.6 Å². The van der Waals surface area contributed by atoms with E-state index in [0.29, 0.717) is 22.8 Å². The molecule has 152 valence electrons. The number of carbonyl (C=O) groups is 1. The number of nitro groups is 1. The SMILES string of the molecule is COc1cccc2c1N[C@@H](C(=O)O)[C@@H]1C[C@@H](Sc3ccccc3[N+](=O)[O-])[C@@H](Cl)[C@H]21. The summed E-state index contributed by atoms with van der Waals surface area (Å²) in [6.45, 7) is 0. The van der Waals surface area contributed by atoms with Gasteiger partial charge in [-0.2, -0.15) is 0 Å². The molecule has 0 spiro atoms. The van der Waals surface area contributed by atoms with Gasteiger partial charge in [0.1, 0.15) is 11.8 Å². The van der Waals surface area contributed by atoms with E-state index in [0.717, 1.165) is 5.56 Å². The first-order valence-corrected chi connectivity index (χ1v) is 10.4. The Morgan fingerprint density at radius 2 is 2.07 bits per heavy atom. The van der Waals surface area contributed by atoms with Gasteiger partial charge in [-0.25, -0.2) is 4.79 Å². The van der Waals surface area contributed by atoms with Crippen LogP contribution in [0.5, 0.6) is 5.75 Å². The van der Waals surface area contributed by atoms with E-state index in [-0.39, 0.29) is 28.2 Å². The van der Waals surface area contributed by atoms with Gasteiger partial charge in [0.25, 0.3) is 5.69 Å². The highest BCUT2D eigenvalue weighted by atomic mass is 35.5. The number of nitro benzene ring substituents is 1. The van der Waals surface area contributed by atoms with Gasteiger partial charge in [-0.15, -0.1) is 23.4 Å². The molecule has 2 aromatic carbocycles. The molecule has 0 saturated heterocycles. The molecule has 0 radical (unpaired) electrons. The number of para-hydroxylation sites is 2. The Morgan fingerprint density at radius 3 is 2.76 bits per heavy atom. The quantitative estimate of drug-likeness (QED) is 0.409. The number of carboxylic acid groups (broad SMARTS) is 1. The van der Waals surface area contributed by atoms with E-state index < -0.39 is 16.9 Å². The standard InChI is InChI=1S/C20H19ClN2O5S/c1-28-13-7-4-5-10-16-11(19(20(24)25)22-18(10)13)9-15(17(16)21)29-14-8-3-2-6-12(14)23(26)27/h2-8,11,15-17,19,22H,9H2,1H3,(H,24,25)/t11-,15-,16-,17-,19-/m1/s1. The smallest absolute Gasteiger partial charge is 0.326 e. The molecular weight excluding hydrogens is 416 g/mol. The highest BCUT2D eigenvalue weighted by Gasteiger charge is 2.52. The number of hydrogen-bond donors (Lipinski definition) is 2. The van der Waals surface area contributed by atoms with E-state index in [2.05, 4.69) is 5.32 Å². The van der Waals surface area contributed by atoms with E-state index in [1.54, 1.807) is 31.4 Å². The number of alkyl halides is 1. The maximum absolute atomic E-state index is 12.0. The summed E-state index contributed by atoms with van der Waals surface area (Å²) in [5.41, 5.74) is 1.62. The van der Waals surface area contributed by atoms with Gasteiger partial charge < -0.3 is 15.2 Å². The number of fused-ring (bicyclic) bond motifs is 3. The fourth-order valence-corrected chi connectivity index (χ4v) is 6.34. The molecule has 2 N–H and O–H groups in total. The molecule has 7 nitrogen and oxygen atoms in total. The topological polar surface area (TPSA) is 102 Å². The Labute approximate surface area is 176 Å². The number of benzene rings is 2. The Morgan fingerprint density at radius 1 is 1.31 bits per heavy atom. The molecule has 1 aliphatic carbocycles. The lowest BCUT2D eigenvalue weighted by molar-refractivity contribution is -0.387. The number of nitrogens with one attached hydrogen (secondary N) is 1. The first-order valence-electron chi connectivity index (χ1n) is 9.12. The lowest BCUT2D eigenvalue weighted by atomic mass is 9.79. The van der Waals surface area contributed by atoms with Gasteiger partial charge in [0, 0.05) is 17.2 Å². The summed E-state index contributed by atoms with van der Waals surface area (Å²) in [6.07, 6.45) is 0.538. The first-order chi connectivity index (χ1) is 13.9. The zero-order valence-corrected chi connectivity index (χ0v) is 17.0. The third-order valence-electron chi connectivity index (χ3n) is 5.64. The van der Waals surface area contributed by atoms with Crippen LogP contribution in [0.25, 0.3) is 0 Å². The molecule has 1 saturated carbocycles. The second-order valence-electron chi connectivity index (χ2n) is 7.14. The molecule has 1 heterocycles. The average Bonchev–Trinajstić information content (AvgIpc) is 3.03. The fourth-order valence-electron chi connectivity index (χ4n) is 4.40. The molecule has 1 aliphatic heterocycles. The van der Waals surface area contributed by atoms with Crippen molar-refractivity contribution in [3.63, 3.8) is 0 Å². The Hall–Kier alpha value is -2.45. The normalized spacial score (nSPS) is 27.4. The van der Waals surface area contributed by atoms with Gasteiger partial charge in [0.05, 0.1) is 28.0 Å². The molecule has 0 bridgehead atoms. The number of anilines is 1. The molecule has 1 fully saturated rings. The van der Waals surface area contributed by atoms with E-state index in [1.807, 2.05) is 12.1 Å². The third-order valence-corrected chi connectivity index (χ3v) is 7.75. The number of aliphatic carboxylic acids is 1. The molecule has 0 aromatic heterocycles. The number of thioether (sulfide) groups is 1. The van der Waals surface area contributed by atoms with Crippen molar-refractivity contribution in [3.05, 3.63) is 58.1 Å². The van der Waals surface area contributed by atoms with Gasteiger partial charge in [-0.1, -0.05) is 24.3 Å². The molecule has 2 aromatic rings. The summed E-state index contributed by atoms with van der Waals surface area (Å²) in [7, 11) is 1.54. The van der Waals surface area contributed by atoms with Crippen LogP contribution < -0.4 is 10.1 Å². The van der Waals surface area contributed by atoms with E-state index in [1.165, 1.54) is 17.8 Å². The monoisotopic (exact) mass is 434 g/mol. The summed E-state index contributed by atoms with van der Waals surface area (Å²) < 4.78 is 5.41. The Bertz CT molecular complexity index is 972. The average molecular weight is 435 g/mol. The molecular formula is C20H19ClN2O5S. The highest BCUT2D eigenvalue weighted by Crippen LogP contribution is 2.56. The van der Waals surface area contributed by atoms with Crippen LogP contribution in [0.1, 0.15) is 17.9 Å². The second-order valence-corrected chi connectivity index (χ2v) is 8.92. The Kier molecular flexibility index (Phi) is 5.31. The van der Waals surface area contributed by atoms with Crippen LogP contribution >= 0.6 is 23.4 Å². The van der Waals surface area contributed by atoms with Gasteiger partial charge in [0.2, 0.25) is 0 Å². The molecule has 9 heteroatoms. The van der Waals surface area contributed by atoms with Crippen molar-refractivity contribution in [1.82, 2.24) is 0 Å². The summed E-state index contributed by atoms with van der Waals surface area (Å²) in [5.74, 6) is -0.790. The van der Waals surface area contributed by atoms with Crippen LogP contribution in [-0.2, 0) is 4.79 Å². The fraction of sp³-hybridized carbons (Fsp3) is 0.350. The van der Waals surface area contributed by atoms with Crippen LogP contribution in [-0.4, -0.2) is 39.8 Å². The van der Waals surface area contributed by atoms with Crippen molar-refractivity contribution in [3.8, 4) is 5.75 Å². The van der Waals surface area contributed by atoms with E-state index in [9.17, 15) is 20.0 Å².